The van der Waals surface area contributed by atoms with Crippen LogP contribution in [0.5, 0.6) is 5.75 Å². The molecule has 0 spiro atoms. The highest BCUT2D eigenvalue weighted by Crippen LogP contribution is 2.30. The first-order chi connectivity index (χ1) is 12.1. The molecule has 4 nitrogen and oxygen atoms in total. The van der Waals surface area contributed by atoms with Gasteiger partial charge in [-0.2, -0.15) is 0 Å². The van der Waals surface area contributed by atoms with Gasteiger partial charge in [0.25, 0.3) is 11.1 Å². The SMILES string of the molecule is O=C1NC(=O)/C(=C/c2ccc(OCCCc3ccccc3)c(Br)c2)S1. The molecule has 2 amide bonds. The summed E-state index contributed by atoms with van der Waals surface area (Å²) in [4.78, 5) is 23.2. The number of carbonyl (C=O) groups is 2. The zero-order valence-electron chi connectivity index (χ0n) is 13.3. The van der Waals surface area contributed by atoms with Gasteiger partial charge in [0.15, 0.2) is 0 Å². The van der Waals surface area contributed by atoms with E-state index in [1.807, 2.05) is 36.4 Å². The second-order valence-electron chi connectivity index (χ2n) is 5.48. The van der Waals surface area contributed by atoms with Crippen molar-refractivity contribution in [1.82, 2.24) is 5.32 Å². The molecule has 1 aliphatic heterocycles. The summed E-state index contributed by atoms with van der Waals surface area (Å²) < 4.78 is 6.63. The van der Waals surface area contributed by atoms with E-state index in [1.165, 1.54) is 5.56 Å². The Morgan fingerprint density at radius 3 is 2.60 bits per heavy atom. The molecule has 0 aliphatic carbocycles. The molecule has 0 bridgehead atoms. The highest BCUT2D eigenvalue weighted by atomic mass is 79.9. The fourth-order valence-electron chi connectivity index (χ4n) is 2.40. The van der Waals surface area contributed by atoms with E-state index < -0.39 is 0 Å². The Balaban J connectivity index is 1.56. The molecule has 1 heterocycles. The van der Waals surface area contributed by atoms with Crippen LogP contribution in [0.25, 0.3) is 6.08 Å². The number of aryl methyl sites for hydroxylation is 1. The molecule has 0 aromatic heterocycles. The van der Waals surface area contributed by atoms with Crippen LogP contribution >= 0.6 is 27.7 Å². The molecule has 1 N–H and O–H groups in total. The Kier molecular flexibility index (Phi) is 5.94. The molecule has 1 saturated heterocycles. The summed E-state index contributed by atoms with van der Waals surface area (Å²) in [7, 11) is 0. The monoisotopic (exact) mass is 417 g/mol. The normalized spacial score (nSPS) is 15.5. The van der Waals surface area contributed by atoms with Crippen LogP contribution in [0.2, 0.25) is 0 Å². The Morgan fingerprint density at radius 1 is 1.12 bits per heavy atom. The third kappa shape index (κ3) is 4.96. The van der Waals surface area contributed by atoms with Gasteiger partial charge in [0, 0.05) is 0 Å². The van der Waals surface area contributed by atoms with Gasteiger partial charge >= 0.3 is 0 Å². The van der Waals surface area contributed by atoms with Gasteiger partial charge in [-0.25, -0.2) is 0 Å². The van der Waals surface area contributed by atoms with Crippen LogP contribution in [-0.4, -0.2) is 17.8 Å². The topological polar surface area (TPSA) is 55.4 Å². The summed E-state index contributed by atoms with van der Waals surface area (Å²) in [6.07, 6.45) is 3.60. The Bertz CT molecular complexity index is 821. The molecule has 0 radical (unpaired) electrons. The van der Waals surface area contributed by atoms with Gasteiger partial charge in [-0.1, -0.05) is 36.4 Å². The van der Waals surface area contributed by atoms with Crippen LogP contribution in [-0.2, 0) is 11.2 Å². The van der Waals surface area contributed by atoms with Gasteiger partial charge < -0.3 is 4.74 Å². The second-order valence-corrected chi connectivity index (χ2v) is 7.35. The Morgan fingerprint density at radius 2 is 1.92 bits per heavy atom. The van der Waals surface area contributed by atoms with E-state index in [1.54, 1.807) is 6.08 Å². The van der Waals surface area contributed by atoms with Crippen LogP contribution < -0.4 is 10.1 Å². The van der Waals surface area contributed by atoms with Crippen molar-refractivity contribution in [2.24, 2.45) is 0 Å². The first kappa shape index (κ1) is 17.8. The number of hydrogen-bond donors (Lipinski definition) is 1. The van der Waals surface area contributed by atoms with E-state index in [0.717, 1.165) is 40.4 Å². The first-order valence-corrected chi connectivity index (χ1v) is 9.44. The third-order valence-corrected chi connectivity index (χ3v) is 5.04. The van der Waals surface area contributed by atoms with Crippen LogP contribution in [0.15, 0.2) is 57.9 Å². The number of hydrogen-bond acceptors (Lipinski definition) is 4. The van der Waals surface area contributed by atoms with Crippen molar-refractivity contribution in [1.29, 1.82) is 0 Å². The van der Waals surface area contributed by atoms with E-state index in [9.17, 15) is 9.59 Å². The van der Waals surface area contributed by atoms with Crippen LogP contribution in [0, 0.1) is 0 Å². The van der Waals surface area contributed by atoms with Crippen molar-refractivity contribution in [2.45, 2.75) is 12.8 Å². The maximum atomic E-state index is 11.6. The number of thioether (sulfide) groups is 1. The highest BCUT2D eigenvalue weighted by molar-refractivity contribution is 9.10. The van der Waals surface area contributed by atoms with E-state index in [0.29, 0.717) is 11.5 Å². The van der Waals surface area contributed by atoms with Crippen LogP contribution in [0.1, 0.15) is 17.5 Å². The number of ether oxygens (including phenoxy) is 1. The van der Waals surface area contributed by atoms with Crippen molar-refractivity contribution in [3.05, 3.63) is 69.0 Å². The zero-order chi connectivity index (χ0) is 17.6. The van der Waals surface area contributed by atoms with Crippen LogP contribution in [0.4, 0.5) is 4.79 Å². The Labute approximate surface area is 158 Å². The van der Waals surface area contributed by atoms with Crippen LogP contribution in [0.3, 0.4) is 0 Å². The number of nitrogens with one attached hydrogen (secondary N) is 1. The minimum Gasteiger partial charge on any atom is -0.492 e. The molecule has 25 heavy (non-hydrogen) atoms. The van der Waals surface area contributed by atoms with Crippen molar-refractivity contribution in [2.75, 3.05) is 6.61 Å². The van der Waals surface area contributed by atoms with Gasteiger partial charge in [0.2, 0.25) is 0 Å². The average molecular weight is 418 g/mol. The number of amides is 2. The molecule has 0 atom stereocenters. The molecule has 0 unspecified atom stereocenters. The van der Waals surface area contributed by atoms with E-state index >= 15 is 0 Å². The zero-order valence-corrected chi connectivity index (χ0v) is 15.7. The molecule has 128 valence electrons. The summed E-state index contributed by atoms with van der Waals surface area (Å²) in [6.45, 7) is 0.626. The smallest absolute Gasteiger partial charge is 0.290 e. The summed E-state index contributed by atoms with van der Waals surface area (Å²) in [5.74, 6) is 0.405. The standard InChI is InChI=1S/C19H16BrNO3S/c20-15-11-14(12-17-18(22)21-19(23)25-17)8-9-16(15)24-10-4-7-13-5-2-1-3-6-13/h1-3,5-6,8-9,11-12H,4,7,10H2,(H,21,22,23)/b17-12-. The lowest BCUT2D eigenvalue weighted by Crippen LogP contribution is -2.17. The minimum absolute atomic E-state index is 0.339. The molecule has 6 heteroatoms. The van der Waals surface area contributed by atoms with E-state index in [4.69, 9.17) is 4.74 Å². The maximum Gasteiger partial charge on any atom is 0.290 e. The summed E-state index contributed by atoms with van der Waals surface area (Å²) in [6, 6.07) is 15.9. The predicted molar refractivity (Wildman–Crippen MR) is 104 cm³/mol. The molecule has 3 rings (SSSR count). The quantitative estimate of drug-likeness (QED) is 0.542. The van der Waals surface area contributed by atoms with Crippen molar-refractivity contribution in [3.63, 3.8) is 0 Å². The second kappa shape index (κ2) is 8.36. The number of benzene rings is 2. The summed E-state index contributed by atoms with van der Waals surface area (Å²) >= 11 is 4.40. The molecule has 0 saturated carbocycles. The summed E-state index contributed by atoms with van der Waals surface area (Å²) in [5.41, 5.74) is 2.13. The van der Waals surface area contributed by atoms with Crippen molar-refractivity contribution < 1.29 is 14.3 Å². The fourth-order valence-corrected chi connectivity index (χ4v) is 3.59. The number of rotatable bonds is 6. The van der Waals surface area contributed by atoms with E-state index in [-0.39, 0.29) is 11.1 Å². The molecule has 2 aromatic rings. The lowest BCUT2D eigenvalue weighted by atomic mass is 10.1. The lowest BCUT2D eigenvalue weighted by molar-refractivity contribution is -0.115. The van der Waals surface area contributed by atoms with E-state index in [2.05, 4.69) is 33.4 Å². The minimum atomic E-state index is -0.354. The van der Waals surface area contributed by atoms with Gasteiger partial charge in [-0.3, -0.25) is 14.9 Å². The van der Waals surface area contributed by atoms with Gasteiger partial charge in [-0.05, 0) is 69.9 Å². The first-order valence-electron chi connectivity index (χ1n) is 7.83. The molecular formula is C19H16BrNO3S. The molecule has 1 aliphatic rings. The fraction of sp³-hybridized carbons (Fsp3) is 0.158. The largest absolute Gasteiger partial charge is 0.492 e. The van der Waals surface area contributed by atoms with Crippen molar-refractivity contribution in [3.8, 4) is 5.75 Å². The highest BCUT2D eigenvalue weighted by Gasteiger charge is 2.24. The third-order valence-electron chi connectivity index (χ3n) is 3.61. The molecule has 1 fully saturated rings. The lowest BCUT2D eigenvalue weighted by Gasteiger charge is -2.09. The number of carbonyl (C=O) groups excluding carboxylic acids is 2. The molecular weight excluding hydrogens is 402 g/mol. The molecule has 2 aromatic carbocycles. The Hall–Kier alpha value is -2.05. The predicted octanol–water partition coefficient (Wildman–Crippen LogP) is 4.78. The summed E-state index contributed by atoms with van der Waals surface area (Å²) in [5, 5.41) is 1.90. The van der Waals surface area contributed by atoms with Gasteiger partial charge in [-0.15, -0.1) is 0 Å². The average Bonchev–Trinajstić information content (AvgIpc) is 2.91. The van der Waals surface area contributed by atoms with Crippen molar-refractivity contribution >= 4 is 44.9 Å². The maximum absolute atomic E-state index is 11.6. The number of imide groups is 1. The van der Waals surface area contributed by atoms with Gasteiger partial charge in [0.1, 0.15) is 5.75 Å². The number of halogens is 1. The van der Waals surface area contributed by atoms with Gasteiger partial charge in [0.05, 0.1) is 16.0 Å².